The summed E-state index contributed by atoms with van der Waals surface area (Å²) in [5, 5.41) is 5.01. The van der Waals surface area contributed by atoms with Crippen molar-refractivity contribution in [1.82, 2.24) is 9.78 Å². The lowest BCUT2D eigenvalue weighted by Gasteiger charge is -1.96. The van der Waals surface area contributed by atoms with Crippen LogP contribution in [0.4, 0.5) is 0 Å². The summed E-state index contributed by atoms with van der Waals surface area (Å²) in [4.78, 5) is 2.23. The highest BCUT2D eigenvalue weighted by molar-refractivity contribution is 7.12. The Balaban J connectivity index is 2.11. The van der Waals surface area contributed by atoms with Crippen molar-refractivity contribution in [3.63, 3.8) is 0 Å². The van der Waals surface area contributed by atoms with Gasteiger partial charge in [-0.2, -0.15) is 5.10 Å². The minimum atomic E-state index is 0.390. The molecule has 0 atom stereocenters. The minimum absolute atomic E-state index is 0.390. The molecule has 0 fully saturated rings. The topological polar surface area (TPSA) is 43.8 Å². The molecule has 17 heavy (non-hydrogen) atoms. The van der Waals surface area contributed by atoms with Crippen molar-refractivity contribution in [3.05, 3.63) is 38.8 Å². The van der Waals surface area contributed by atoms with Gasteiger partial charge in [-0.15, -0.1) is 11.3 Å². The van der Waals surface area contributed by atoms with Crippen LogP contribution in [0, 0.1) is 18.8 Å². The number of nitrogens with two attached hydrogens (primary N) is 1. The normalized spacial score (nSPS) is 10.1. The number of hydrogen-bond acceptors (Lipinski definition) is 3. The molecule has 2 heterocycles. The van der Waals surface area contributed by atoms with Gasteiger partial charge in [0.05, 0.1) is 28.7 Å². The van der Waals surface area contributed by atoms with Crippen LogP contribution in [0.15, 0.2) is 18.3 Å². The van der Waals surface area contributed by atoms with Crippen LogP contribution < -0.4 is 5.73 Å². The Morgan fingerprint density at radius 2 is 2.35 bits per heavy atom. The standard InChI is InChI=1S/C12H12ClN3S/c1-9-12(13)8-16(15-9)7-11-5-4-10(17-11)3-2-6-14/h4-5,8H,6-7,14H2,1H3. The third-order valence-electron chi connectivity index (χ3n) is 2.18. The summed E-state index contributed by atoms with van der Waals surface area (Å²) in [6.07, 6.45) is 1.84. The molecule has 0 bridgehead atoms. The van der Waals surface area contributed by atoms with Gasteiger partial charge in [0.25, 0.3) is 0 Å². The lowest BCUT2D eigenvalue weighted by molar-refractivity contribution is 0.687. The van der Waals surface area contributed by atoms with E-state index in [1.165, 1.54) is 4.88 Å². The van der Waals surface area contributed by atoms with Crippen LogP contribution in [0.5, 0.6) is 0 Å². The van der Waals surface area contributed by atoms with Gasteiger partial charge in [-0.3, -0.25) is 4.68 Å². The summed E-state index contributed by atoms with van der Waals surface area (Å²) in [6.45, 7) is 3.01. The molecule has 5 heteroatoms. The van der Waals surface area contributed by atoms with Gasteiger partial charge in [0.15, 0.2) is 0 Å². The molecule has 2 N–H and O–H groups in total. The summed E-state index contributed by atoms with van der Waals surface area (Å²) < 4.78 is 1.84. The van der Waals surface area contributed by atoms with Crippen LogP contribution in [0.25, 0.3) is 0 Å². The third kappa shape index (κ3) is 3.10. The monoisotopic (exact) mass is 265 g/mol. The zero-order valence-electron chi connectivity index (χ0n) is 9.40. The van der Waals surface area contributed by atoms with E-state index in [0.29, 0.717) is 11.6 Å². The molecule has 0 aliphatic heterocycles. The number of rotatable bonds is 2. The average molecular weight is 266 g/mol. The predicted octanol–water partition coefficient (Wildman–Crippen LogP) is 2.26. The van der Waals surface area contributed by atoms with Gasteiger partial charge in [0, 0.05) is 11.1 Å². The number of hydrogen-bond donors (Lipinski definition) is 1. The first-order valence-corrected chi connectivity index (χ1v) is 6.35. The van der Waals surface area contributed by atoms with Gasteiger partial charge in [0.1, 0.15) is 0 Å². The third-order valence-corrected chi connectivity index (χ3v) is 3.54. The second-order valence-corrected chi connectivity index (χ2v) is 5.11. The van der Waals surface area contributed by atoms with Crippen molar-refractivity contribution in [2.75, 3.05) is 6.54 Å². The zero-order chi connectivity index (χ0) is 12.3. The first-order chi connectivity index (χ1) is 8.19. The molecule has 2 aromatic rings. The Morgan fingerprint density at radius 1 is 1.53 bits per heavy atom. The van der Waals surface area contributed by atoms with E-state index in [1.54, 1.807) is 11.3 Å². The summed E-state index contributed by atoms with van der Waals surface area (Å²) >= 11 is 7.60. The summed E-state index contributed by atoms with van der Waals surface area (Å²) in [5.74, 6) is 5.85. The summed E-state index contributed by atoms with van der Waals surface area (Å²) in [5.41, 5.74) is 6.18. The Bertz CT molecular complexity index is 555. The van der Waals surface area contributed by atoms with Crippen LogP contribution in [-0.4, -0.2) is 16.3 Å². The number of nitrogens with zero attached hydrogens (tertiary/aromatic N) is 2. The van der Waals surface area contributed by atoms with Gasteiger partial charge in [-0.1, -0.05) is 23.4 Å². The molecule has 0 saturated heterocycles. The van der Waals surface area contributed by atoms with Crippen LogP contribution >= 0.6 is 22.9 Å². The van der Waals surface area contributed by atoms with Gasteiger partial charge in [0.2, 0.25) is 0 Å². The van der Waals surface area contributed by atoms with Gasteiger partial charge < -0.3 is 5.73 Å². The smallest absolute Gasteiger partial charge is 0.0815 e. The first-order valence-electron chi connectivity index (χ1n) is 5.16. The van der Waals surface area contributed by atoms with E-state index in [9.17, 15) is 0 Å². The zero-order valence-corrected chi connectivity index (χ0v) is 11.0. The highest BCUT2D eigenvalue weighted by atomic mass is 35.5. The van der Waals surface area contributed by atoms with E-state index < -0.39 is 0 Å². The second-order valence-electron chi connectivity index (χ2n) is 3.53. The van der Waals surface area contributed by atoms with E-state index in [0.717, 1.165) is 17.1 Å². The fourth-order valence-corrected chi connectivity index (χ4v) is 2.43. The van der Waals surface area contributed by atoms with Gasteiger partial charge in [-0.05, 0) is 19.1 Å². The van der Waals surface area contributed by atoms with E-state index in [4.69, 9.17) is 17.3 Å². The number of thiophene rings is 1. The highest BCUT2D eigenvalue weighted by Gasteiger charge is 2.04. The lowest BCUT2D eigenvalue weighted by Crippen LogP contribution is -1.98. The molecule has 0 unspecified atom stereocenters. The summed E-state index contributed by atoms with van der Waals surface area (Å²) in [6, 6.07) is 4.05. The molecule has 0 aromatic carbocycles. The molecule has 0 saturated carbocycles. The fraction of sp³-hybridized carbons (Fsp3) is 0.250. The maximum Gasteiger partial charge on any atom is 0.0815 e. The maximum absolute atomic E-state index is 5.95. The quantitative estimate of drug-likeness (QED) is 0.847. The Labute approximate surface area is 109 Å². The molecule has 0 aliphatic carbocycles. The van der Waals surface area contributed by atoms with E-state index >= 15 is 0 Å². The molecular formula is C12H12ClN3S. The Morgan fingerprint density at radius 3 is 3.00 bits per heavy atom. The lowest BCUT2D eigenvalue weighted by atomic mass is 10.4. The Hall–Kier alpha value is -1.28. The second kappa shape index (κ2) is 5.37. The molecule has 88 valence electrons. The molecule has 0 radical (unpaired) electrons. The molecule has 0 spiro atoms. The number of aryl methyl sites for hydroxylation is 1. The molecule has 3 nitrogen and oxygen atoms in total. The van der Waals surface area contributed by atoms with Gasteiger partial charge in [-0.25, -0.2) is 0 Å². The minimum Gasteiger partial charge on any atom is -0.320 e. The van der Waals surface area contributed by atoms with Crippen LogP contribution in [0.2, 0.25) is 5.02 Å². The predicted molar refractivity (Wildman–Crippen MR) is 71.3 cm³/mol. The largest absolute Gasteiger partial charge is 0.320 e. The molecule has 0 aliphatic rings. The molecular weight excluding hydrogens is 254 g/mol. The highest BCUT2D eigenvalue weighted by Crippen LogP contribution is 2.18. The Kier molecular flexibility index (Phi) is 3.85. The average Bonchev–Trinajstić information content (AvgIpc) is 2.85. The van der Waals surface area contributed by atoms with E-state index in [-0.39, 0.29) is 0 Å². The molecule has 2 aromatic heterocycles. The van der Waals surface area contributed by atoms with Crippen molar-refractivity contribution in [1.29, 1.82) is 0 Å². The SMILES string of the molecule is Cc1nn(Cc2ccc(C#CCN)s2)cc1Cl. The number of aromatic nitrogens is 2. The first kappa shape index (κ1) is 12.2. The van der Waals surface area contributed by atoms with Crippen LogP contribution in [0.3, 0.4) is 0 Å². The van der Waals surface area contributed by atoms with Crippen LogP contribution in [0.1, 0.15) is 15.4 Å². The van der Waals surface area contributed by atoms with E-state index in [2.05, 4.69) is 23.0 Å². The maximum atomic E-state index is 5.95. The molecule has 0 amide bonds. The molecule has 2 rings (SSSR count). The van der Waals surface area contributed by atoms with Crippen molar-refractivity contribution in [2.24, 2.45) is 5.73 Å². The van der Waals surface area contributed by atoms with E-state index in [1.807, 2.05) is 23.9 Å². The van der Waals surface area contributed by atoms with Gasteiger partial charge >= 0.3 is 0 Å². The van der Waals surface area contributed by atoms with Crippen LogP contribution in [-0.2, 0) is 6.54 Å². The fourth-order valence-electron chi connectivity index (χ4n) is 1.40. The van der Waals surface area contributed by atoms with Crippen molar-refractivity contribution < 1.29 is 0 Å². The summed E-state index contributed by atoms with van der Waals surface area (Å²) in [7, 11) is 0. The van der Waals surface area contributed by atoms with Crippen molar-refractivity contribution >= 4 is 22.9 Å². The van der Waals surface area contributed by atoms with Crippen molar-refractivity contribution in [2.45, 2.75) is 13.5 Å². The number of halogens is 1. The van der Waals surface area contributed by atoms with Crippen molar-refractivity contribution in [3.8, 4) is 11.8 Å².